The minimum Gasteiger partial charge on any atom is -0.327 e. The molecule has 1 aromatic heterocycles. The molecule has 2 heterocycles. The zero-order chi connectivity index (χ0) is 23.4. The monoisotopic (exact) mass is 473 g/mol. The van der Waals surface area contributed by atoms with E-state index in [-0.39, 0.29) is 10.7 Å². The Morgan fingerprint density at radius 2 is 1.70 bits per heavy atom. The molecule has 178 valence electrons. The van der Waals surface area contributed by atoms with Gasteiger partial charge in [-0.05, 0) is 61.8 Å². The Morgan fingerprint density at radius 3 is 2.36 bits per heavy atom. The first-order chi connectivity index (χ1) is 15.8. The quantitative estimate of drug-likeness (QED) is 0.543. The number of unbranched alkanes of at least 4 members (excludes halogenated alkanes) is 1. The average Bonchev–Trinajstić information content (AvgIpc) is 2.96. The number of hydrogen-bond acceptors (Lipinski definition) is 5. The van der Waals surface area contributed by atoms with E-state index in [9.17, 15) is 12.8 Å². The fourth-order valence-electron chi connectivity index (χ4n) is 4.41. The topological polar surface area (TPSA) is 84.5 Å². The lowest BCUT2D eigenvalue weighted by atomic mass is 10.2. The highest BCUT2D eigenvalue weighted by Crippen LogP contribution is 2.22. The number of benzene rings is 2. The molecular formula is C24H32FN5O2S. The maximum absolute atomic E-state index is 13.2. The molecule has 0 radical (unpaired) electrons. The average molecular weight is 474 g/mol. The van der Waals surface area contributed by atoms with Gasteiger partial charge in [0.25, 0.3) is 0 Å². The lowest BCUT2D eigenvalue weighted by Gasteiger charge is -2.22. The summed E-state index contributed by atoms with van der Waals surface area (Å²) < 4.78 is 39.0. The third-order valence-corrected chi connectivity index (χ3v) is 7.14. The molecule has 0 unspecified atom stereocenters. The molecule has 7 nitrogen and oxygen atoms in total. The van der Waals surface area contributed by atoms with Crippen LogP contribution in [0.2, 0.25) is 0 Å². The van der Waals surface area contributed by atoms with E-state index in [0.29, 0.717) is 12.1 Å². The van der Waals surface area contributed by atoms with Crippen molar-refractivity contribution in [2.45, 2.75) is 50.7 Å². The molecule has 0 bridgehead atoms. The molecule has 33 heavy (non-hydrogen) atoms. The number of rotatable bonds is 8. The molecule has 9 heteroatoms. The van der Waals surface area contributed by atoms with Crippen LogP contribution in [0.25, 0.3) is 11.0 Å². The molecule has 2 N–H and O–H groups in total. The number of halogens is 1. The molecule has 0 atom stereocenters. The maximum atomic E-state index is 13.2. The van der Waals surface area contributed by atoms with Crippen LogP contribution in [0.4, 0.5) is 4.39 Å². The highest BCUT2D eigenvalue weighted by atomic mass is 32.2. The Hall–Kier alpha value is -2.33. The Bertz CT molecular complexity index is 1190. The van der Waals surface area contributed by atoms with Crippen molar-refractivity contribution in [3.63, 3.8) is 0 Å². The van der Waals surface area contributed by atoms with Crippen LogP contribution in [-0.2, 0) is 29.7 Å². The summed E-state index contributed by atoms with van der Waals surface area (Å²) in [6.45, 7) is 8.36. The summed E-state index contributed by atoms with van der Waals surface area (Å²) in [5, 5.41) is 5.32. The minimum atomic E-state index is -3.77. The number of aryl methyl sites for hydroxylation is 1. The van der Waals surface area contributed by atoms with Gasteiger partial charge in [-0.25, -0.2) is 22.9 Å². The van der Waals surface area contributed by atoms with Gasteiger partial charge in [0.2, 0.25) is 10.0 Å². The van der Waals surface area contributed by atoms with Gasteiger partial charge in [-0.1, -0.05) is 25.5 Å². The molecule has 0 spiro atoms. The number of imidazole rings is 1. The first kappa shape index (κ1) is 23.8. The number of nitrogens with two attached hydrogens (primary N) is 1. The van der Waals surface area contributed by atoms with Crippen LogP contribution < -0.4 is 5.14 Å². The summed E-state index contributed by atoms with van der Waals surface area (Å²) in [6, 6.07) is 11.7. The molecule has 2 aromatic carbocycles. The van der Waals surface area contributed by atoms with Gasteiger partial charge in [-0.2, -0.15) is 0 Å². The van der Waals surface area contributed by atoms with Gasteiger partial charge < -0.3 is 4.57 Å². The summed E-state index contributed by atoms with van der Waals surface area (Å²) in [4.78, 5) is 9.72. The predicted octanol–water partition coefficient (Wildman–Crippen LogP) is 3.33. The molecule has 1 saturated heterocycles. The fourth-order valence-corrected chi connectivity index (χ4v) is 4.95. The van der Waals surface area contributed by atoms with Crippen LogP contribution in [0.3, 0.4) is 0 Å². The van der Waals surface area contributed by atoms with E-state index in [1.165, 1.54) is 12.1 Å². The summed E-state index contributed by atoms with van der Waals surface area (Å²) in [6.07, 6.45) is 3.14. The molecular weight excluding hydrogens is 441 g/mol. The second-order valence-corrected chi connectivity index (χ2v) is 10.3. The van der Waals surface area contributed by atoms with Gasteiger partial charge in [-0.3, -0.25) is 9.80 Å². The lowest BCUT2D eigenvalue weighted by Crippen LogP contribution is -2.31. The van der Waals surface area contributed by atoms with Gasteiger partial charge in [0.05, 0.1) is 22.5 Å². The van der Waals surface area contributed by atoms with E-state index < -0.39 is 10.0 Å². The van der Waals surface area contributed by atoms with Crippen molar-refractivity contribution in [3.8, 4) is 0 Å². The van der Waals surface area contributed by atoms with Gasteiger partial charge in [0.15, 0.2) is 0 Å². The van der Waals surface area contributed by atoms with Crippen molar-refractivity contribution >= 4 is 21.1 Å². The maximum Gasteiger partial charge on any atom is 0.238 e. The van der Waals surface area contributed by atoms with E-state index >= 15 is 0 Å². The molecule has 1 aliphatic heterocycles. The Morgan fingerprint density at radius 1 is 1.00 bits per heavy atom. The van der Waals surface area contributed by atoms with Gasteiger partial charge in [-0.15, -0.1) is 0 Å². The highest BCUT2D eigenvalue weighted by molar-refractivity contribution is 7.89. The molecule has 1 fully saturated rings. The van der Waals surface area contributed by atoms with Crippen LogP contribution in [0, 0.1) is 5.82 Å². The van der Waals surface area contributed by atoms with E-state index in [0.717, 1.165) is 75.4 Å². The zero-order valence-electron chi connectivity index (χ0n) is 19.1. The molecule has 1 aliphatic rings. The van der Waals surface area contributed by atoms with Crippen molar-refractivity contribution in [1.82, 2.24) is 19.4 Å². The van der Waals surface area contributed by atoms with E-state index in [2.05, 4.69) is 21.3 Å². The van der Waals surface area contributed by atoms with Crippen LogP contribution in [0.5, 0.6) is 0 Å². The number of nitrogens with zero attached hydrogens (tertiary/aromatic N) is 4. The third-order valence-electron chi connectivity index (χ3n) is 6.23. The Kier molecular flexibility index (Phi) is 7.43. The van der Waals surface area contributed by atoms with Crippen molar-refractivity contribution in [2.24, 2.45) is 5.14 Å². The Balaban J connectivity index is 1.49. The van der Waals surface area contributed by atoms with Crippen molar-refractivity contribution in [3.05, 3.63) is 59.7 Å². The van der Waals surface area contributed by atoms with Crippen molar-refractivity contribution < 1.29 is 12.8 Å². The van der Waals surface area contributed by atoms with Gasteiger partial charge in [0.1, 0.15) is 11.6 Å². The molecule has 0 aliphatic carbocycles. The largest absolute Gasteiger partial charge is 0.327 e. The number of primary sulfonamides is 1. The van der Waals surface area contributed by atoms with Crippen molar-refractivity contribution in [2.75, 3.05) is 26.2 Å². The number of hydrogen-bond donors (Lipinski definition) is 1. The van der Waals surface area contributed by atoms with Crippen LogP contribution in [-0.4, -0.2) is 53.9 Å². The first-order valence-corrected chi connectivity index (χ1v) is 13.1. The van der Waals surface area contributed by atoms with Crippen LogP contribution >= 0.6 is 0 Å². The normalized spacial score (nSPS) is 16.3. The lowest BCUT2D eigenvalue weighted by molar-refractivity contribution is 0.241. The van der Waals surface area contributed by atoms with E-state index in [1.54, 1.807) is 12.1 Å². The zero-order valence-corrected chi connectivity index (χ0v) is 19.9. The van der Waals surface area contributed by atoms with Gasteiger partial charge >= 0.3 is 0 Å². The van der Waals surface area contributed by atoms with Crippen LogP contribution in [0.1, 0.15) is 37.6 Å². The summed E-state index contributed by atoms with van der Waals surface area (Å²) in [7, 11) is -3.77. The molecule has 4 rings (SSSR count). The van der Waals surface area contributed by atoms with E-state index in [1.807, 2.05) is 18.2 Å². The first-order valence-electron chi connectivity index (χ1n) is 11.5. The summed E-state index contributed by atoms with van der Waals surface area (Å²) in [5.74, 6) is 0.750. The Labute approximate surface area is 195 Å². The summed E-state index contributed by atoms with van der Waals surface area (Å²) >= 11 is 0. The van der Waals surface area contributed by atoms with Crippen molar-refractivity contribution in [1.29, 1.82) is 0 Å². The third kappa shape index (κ3) is 5.97. The molecule has 0 amide bonds. The summed E-state index contributed by atoms with van der Waals surface area (Å²) in [5.41, 5.74) is 2.73. The smallest absolute Gasteiger partial charge is 0.238 e. The second kappa shape index (κ2) is 10.3. The second-order valence-electron chi connectivity index (χ2n) is 8.76. The van der Waals surface area contributed by atoms with Gasteiger partial charge in [0, 0.05) is 26.2 Å². The van der Waals surface area contributed by atoms with Crippen LogP contribution in [0.15, 0.2) is 47.4 Å². The standard InChI is InChI=1S/C24H32FN5O2S/c1-2-3-13-30-23-10-9-21(33(26,31)32)16-22(23)27-24(30)18-29-12-4-11-28(14-15-29)17-19-5-7-20(25)8-6-19/h5-10,16H,2-4,11-15,17-18H2,1H3,(H2,26,31,32). The predicted molar refractivity (Wildman–Crippen MR) is 128 cm³/mol. The fraction of sp³-hybridized carbons (Fsp3) is 0.458. The highest BCUT2D eigenvalue weighted by Gasteiger charge is 2.20. The number of aromatic nitrogens is 2. The minimum absolute atomic E-state index is 0.0906. The number of fused-ring (bicyclic) bond motifs is 1. The molecule has 0 saturated carbocycles. The SMILES string of the molecule is CCCCn1c(CN2CCCN(Cc3ccc(F)cc3)CC2)nc2cc(S(N)(=O)=O)ccc21. The molecule has 3 aromatic rings. The number of sulfonamides is 1. The van der Waals surface area contributed by atoms with E-state index in [4.69, 9.17) is 10.1 Å².